The zero-order chi connectivity index (χ0) is 19.4. The van der Waals surface area contributed by atoms with E-state index in [0.29, 0.717) is 30.3 Å². The molecule has 27 heavy (non-hydrogen) atoms. The number of benzene rings is 2. The molecule has 0 spiro atoms. The van der Waals surface area contributed by atoms with Crippen LogP contribution in [0.5, 0.6) is 5.75 Å². The summed E-state index contributed by atoms with van der Waals surface area (Å²) >= 11 is 4.79. The van der Waals surface area contributed by atoms with Crippen LogP contribution < -0.4 is 9.54 Å². The van der Waals surface area contributed by atoms with E-state index in [1.54, 1.807) is 12.1 Å². The average molecular weight is 471 g/mol. The molecule has 2 aromatic carbocycles. The molecule has 3 aromatic rings. The lowest BCUT2D eigenvalue weighted by Crippen LogP contribution is -2.19. The van der Waals surface area contributed by atoms with Gasteiger partial charge in [-0.25, -0.2) is 0 Å². The maximum atomic E-state index is 12.8. The molecule has 0 atom stereocenters. The van der Waals surface area contributed by atoms with Gasteiger partial charge in [0.1, 0.15) is 5.75 Å². The lowest BCUT2D eigenvalue weighted by molar-refractivity contribution is 0.139. The minimum Gasteiger partial charge on any atom is -0.497 e. The first-order valence-corrected chi connectivity index (χ1v) is 11.3. The summed E-state index contributed by atoms with van der Waals surface area (Å²) in [6, 6.07) is 12.0. The molecule has 0 saturated carbocycles. The van der Waals surface area contributed by atoms with Gasteiger partial charge in [0.2, 0.25) is 4.80 Å². The largest absolute Gasteiger partial charge is 0.497 e. The molecule has 0 fully saturated rings. The van der Waals surface area contributed by atoms with Crippen LogP contribution in [0.25, 0.3) is 10.2 Å². The quantitative estimate of drug-likeness (QED) is 0.492. The van der Waals surface area contributed by atoms with Crippen molar-refractivity contribution in [2.45, 2.75) is 18.4 Å². The number of hydrogen-bond donors (Lipinski definition) is 0. The molecule has 0 bridgehead atoms. The third-order valence-electron chi connectivity index (χ3n) is 3.86. The third kappa shape index (κ3) is 4.60. The molecule has 0 aliphatic rings. The minimum atomic E-state index is -3.84. The minimum absolute atomic E-state index is 0.123. The van der Waals surface area contributed by atoms with Crippen molar-refractivity contribution >= 4 is 47.5 Å². The Morgan fingerprint density at radius 3 is 2.59 bits per heavy atom. The smallest absolute Gasteiger partial charge is 0.285 e. The lowest BCUT2D eigenvalue weighted by Gasteiger charge is -2.06. The number of nitrogens with zero attached hydrogens (tertiary/aromatic N) is 2. The van der Waals surface area contributed by atoms with Gasteiger partial charge in [-0.3, -0.25) is 0 Å². The summed E-state index contributed by atoms with van der Waals surface area (Å²) in [4.78, 5) is 0.539. The fraction of sp³-hybridized carbons (Fsp3) is 0.278. The van der Waals surface area contributed by atoms with Crippen molar-refractivity contribution in [2.75, 3.05) is 20.3 Å². The first-order chi connectivity index (χ1) is 12.9. The number of thiazole rings is 1. The Labute approximate surface area is 170 Å². The van der Waals surface area contributed by atoms with Crippen LogP contribution in [0.3, 0.4) is 0 Å². The van der Waals surface area contributed by atoms with Gasteiger partial charge >= 0.3 is 0 Å². The molecule has 1 aromatic heterocycles. The predicted octanol–water partition coefficient (Wildman–Crippen LogP) is 3.80. The van der Waals surface area contributed by atoms with E-state index >= 15 is 0 Å². The molecule has 0 aliphatic carbocycles. The van der Waals surface area contributed by atoms with Gasteiger partial charge in [0.05, 0.1) is 28.8 Å². The van der Waals surface area contributed by atoms with Crippen LogP contribution >= 0.6 is 27.3 Å². The van der Waals surface area contributed by atoms with Gasteiger partial charge < -0.3 is 14.0 Å². The summed E-state index contributed by atoms with van der Waals surface area (Å²) < 4.78 is 43.9. The van der Waals surface area contributed by atoms with E-state index in [0.717, 1.165) is 14.7 Å². The highest BCUT2D eigenvalue weighted by molar-refractivity contribution is 9.10. The number of ether oxygens (including phenoxy) is 2. The van der Waals surface area contributed by atoms with Crippen molar-refractivity contribution < 1.29 is 17.9 Å². The molecule has 0 saturated heterocycles. The van der Waals surface area contributed by atoms with E-state index in [2.05, 4.69) is 20.3 Å². The first-order valence-electron chi connectivity index (χ1n) is 8.26. The highest BCUT2D eigenvalue weighted by Gasteiger charge is 2.15. The second-order valence-corrected chi connectivity index (χ2v) is 9.12. The third-order valence-corrected chi connectivity index (χ3v) is 6.79. The van der Waals surface area contributed by atoms with Crippen LogP contribution in [-0.4, -0.2) is 33.3 Å². The van der Waals surface area contributed by atoms with Crippen molar-refractivity contribution in [1.29, 1.82) is 0 Å². The number of hydrogen-bond acceptors (Lipinski definition) is 5. The van der Waals surface area contributed by atoms with Crippen LogP contribution in [0.4, 0.5) is 0 Å². The summed E-state index contributed by atoms with van der Waals surface area (Å²) in [5, 5.41) is 0. The van der Waals surface area contributed by atoms with Crippen molar-refractivity contribution in [2.24, 2.45) is 4.40 Å². The second kappa shape index (κ2) is 8.55. The van der Waals surface area contributed by atoms with Gasteiger partial charge in [0.15, 0.2) is 0 Å². The Hall–Kier alpha value is -1.68. The zero-order valence-electron chi connectivity index (χ0n) is 14.9. The molecule has 0 amide bonds. The Bertz CT molecular complexity index is 1100. The van der Waals surface area contributed by atoms with E-state index < -0.39 is 10.0 Å². The second-order valence-electron chi connectivity index (χ2n) is 5.59. The standard InChI is InChI=1S/C18H19BrN2O4S2/c1-3-25-11-10-21-16-9-4-13(19)12-17(16)26-18(21)20-27(22,23)15-7-5-14(24-2)6-8-15/h4-9,12H,3,10-11H2,1-2H3. The molecular weight excluding hydrogens is 452 g/mol. The summed E-state index contributed by atoms with van der Waals surface area (Å²) in [7, 11) is -2.31. The Morgan fingerprint density at radius 1 is 1.19 bits per heavy atom. The Balaban J connectivity index is 2.11. The van der Waals surface area contributed by atoms with Gasteiger partial charge in [0.25, 0.3) is 10.0 Å². The summed E-state index contributed by atoms with van der Waals surface area (Å²) in [5.41, 5.74) is 0.923. The van der Waals surface area contributed by atoms with Crippen molar-refractivity contribution in [3.05, 3.63) is 51.7 Å². The van der Waals surface area contributed by atoms with Gasteiger partial charge in [-0.05, 0) is 49.4 Å². The number of methoxy groups -OCH3 is 1. The molecule has 1 heterocycles. The van der Waals surface area contributed by atoms with Crippen molar-refractivity contribution in [3.8, 4) is 5.75 Å². The SMILES string of the molecule is CCOCCn1c(=NS(=O)(=O)c2ccc(OC)cc2)sc2cc(Br)ccc21. The van der Waals surface area contributed by atoms with E-state index in [-0.39, 0.29) is 4.90 Å². The zero-order valence-corrected chi connectivity index (χ0v) is 18.1. The highest BCUT2D eigenvalue weighted by atomic mass is 79.9. The van der Waals surface area contributed by atoms with Gasteiger partial charge in [-0.1, -0.05) is 27.3 Å². The topological polar surface area (TPSA) is 69.9 Å². The Kier molecular flexibility index (Phi) is 6.36. The fourth-order valence-electron chi connectivity index (χ4n) is 2.54. The fourth-order valence-corrected chi connectivity index (χ4v) is 5.35. The van der Waals surface area contributed by atoms with E-state index in [4.69, 9.17) is 9.47 Å². The van der Waals surface area contributed by atoms with Crippen LogP contribution in [0.15, 0.2) is 56.2 Å². The predicted molar refractivity (Wildman–Crippen MR) is 110 cm³/mol. The van der Waals surface area contributed by atoms with Gasteiger partial charge in [-0.2, -0.15) is 8.42 Å². The maximum Gasteiger partial charge on any atom is 0.285 e. The van der Waals surface area contributed by atoms with E-state index in [1.807, 2.05) is 29.7 Å². The van der Waals surface area contributed by atoms with Crippen LogP contribution in [-0.2, 0) is 21.3 Å². The molecule has 0 radical (unpaired) electrons. The van der Waals surface area contributed by atoms with Gasteiger partial charge in [0, 0.05) is 17.6 Å². The van der Waals surface area contributed by atoms with Crippen molar-refractivity contribution in [1.82, 2.24) is 4.57 Å². The van der Waals surface area contributed by atoms with Crippen LogP contribution in [0.1, 0.15) is 6.92 Å². The van der Waals surface area contributed by atoms with Crippen LogP contribution in [0, 0.1) is 0 Å². The van der Waals surface area contributed by atoms with Crippen LogP contribution in [0.2, 0.25) is 0 Å². The summed E-state index contributed by atoms with van der Waals surface area (Å²) in [5.74, 6) is 0.590. The number of sulfonamides is 1. The normalized spacial score (nSPS) is 12.6. The lowest BCUT2D eigenvalue weighted by atomic mass is 10.3. The summed E-state index contributed by atoms with van der Waals surface area (Å²) in [6.07, 6.45) is 0. The number of fused-ring (bicyclic) bond motifs is 1. The number of aromatic nitrogens is 1. The molecule has 0 unspecified atom stereocenters. The number of rotatable bonds is 7. The molecule has 144 valence electrons. The van der Waals surface area contributed by atoms with Crippen molar-refractivity contribution in [3.63, 3.8) is 0 Å². The average Bonchev–Trinajstić information content (AvgIpc) is 2.97. The van der Waals surface area contributed by atoms with E-state index in [9.17, 15) is 8.42 Å². The molecular formula is C18H19BrN2O4S2. The molecule has 6 nitrogen and oxygen atoms in total. The summed E-state index contributed by atoms with van der Waals surface area (Å²) in [6.45, 7) is 3.53. The maximum absolute atomic E-state index is 12.8. The Morgan fingerprint density at radius 2 is 1.93 bits per heavy atom. The highest BCUT2D eigenvalue weighted by Crippen LogP contribution is 2.23. The number of halogens is 1. The monoisotopic (exact) mass is 470 g/mol. The molecule has 3 rings (SSSR count). The molecule has 0 aliphatic heterocycles. The van der Waals surface area contributed by atoms with E-state index in [1.165, 1.54) is 30.6 Å². The molecule has 0 N–H and O–H groups in total. The first kappa shape index (κ1) is 20.1. The molecule has 9 heteroatoms. The van der Waals surface area contributed by atoms with Gasteiger partial charge in [-0.15, -0.1) is 4.40 Å².